The molecule has 1 unspecified atom stereocenters. The molecule has 0 radical (unpaired) electrons. The Labute approximate surface area is 124 Å². The summed E-state index contributed by atoms with van der Waals surface area (Å²) in [7, 11) is 0. The minimum absolute atomic E-state index is 0.151. The fourth-order valence-electron chi connectivity index (χ4n) is 2.03. The zero-order valence-electron chi connectivity index (χ0n) is 9.94. The van der Waals surface area contributed by atoms with Gasteiger partial charge in [0.25, 0.3) is 0 Å². The molecule has 0 aliphatic carbocycles. The summed E-state index contributed by atoms with van der Waals surface area (Å²) in [5, 5.41) is 0.761. The largest absolute Gasteiger partial charge is 0.377 e. The maximum Gasteiger partial charge on any atom is 0.227 e. The zero-order chi connectivity index (χ0) is 13.0. The molecule has 1 saturated heterocycles. The van der Waals surface area contributed by atoms with Crippen LogP contribution in [0.15, 0.2) is 28.7 Å². The zero-order valence-corrected chi connectivity index (χ0v) is 13.1. The number of halogens is 2. The molecule has 0 saturated carbocycles. The molecule has 1 amide bonds. The first-order valence-corrected chi connectivity index (χ1v) is 7.80. The van der Waals surface area contributed by atoms with Crippen LogP contribution in [0, 0.1) is 0 Å². The van der Waals surface area contributed by atoms with Crippen molar-refractivity contribution in [2.24, 2.45) is 0 Å². The van der Waals surface area contributed by atoms with Crippen LogP contribution in [0.4, 0.5) is 0 Å². The first-order valence-electron chi connectivity index (χ1n) is 5.88. The van der Waals surface area contributed by atoms with E-state index in [-0.39, 0.29) is 11.9 Å². The number of carbonyl (C=O) groups excluding carboxylic acids is 1. The van der Waals surface area contributed by atoms with Gasteiger partial charge in [-0.2, -0.15) is 0 Å². The van der Waals surface area contributed by atoms with Gasteiger partial charge in [0.05, 0.1) is 25.7 Å². The first-order chi connectivity index (χ1) is 8.70. The highest BCUT2D eigenvalue weighted by Crippen LogP contribution is 2.15. The number of hydrogen-bond acceptors (Lipinski definition) is 2. The molecule has 1 atom stereocenters. The molecule has 3 nitrogen and oxygen atoms in total. The van der Waals surface area contributed by atoms with E-state index in [1.165, 1.54) is 0 Å². The van der Waals surface area contributed by atoms with Gasteiger partial charge < -0.3 is 9.64 Å². The number of alkyl halides is 1. The van der Waals surface area contributed by atoms with E-state index in [0.717, 1.165) is 15.4 Å². The van der Waals surface area contributed by atoms with Crippen LogP contribution in [0.25, 0.3) is 0 Å². The highest BCUT2D eigenvalue weighted by atomic mass is 79.9. The van der Waals surface area contributed by atoms with Crippen molar-refractivity contribution in [1.82, 2.24) is 4.90 Å². The molecule has 1 aliphatic rings. The third-order valence-corrected chi connectivity index (χ3v) is 4.21. The number of rotatable bonds is 3. The molecule has 2 rings (SSSR count). The fraction of sp³-hybridized carbons (Fsp3) is 0.462. The van der Waals surface area contributed by atoms with Crippen molar-refractivity contribution >= 4 is 37.8 Å². The molecule has 0 spiro atoms. The van der Waals surface area contributed by atoms with E-state index in [9.17, 15) is 4.79 Å². The van der Waals surface area contributed by atoms with Crippen molar-refractivity contribution < 1.29 is 9.53 Å². The quantitative estimate of drug-likeness (QED) is 0.759. The average Bonchev–Trinajstić information content (AvgIpc) is 2.38. The molecule has 0 N–H and O–H groups in total. The number of carbonyl (C=O) groups is 1. The van der Waals surface area contributed by atoms with Crippen molar-refractivity contribution in [3.8, 4) is 0 Å². The van der Waals surface area contributed by atoms with E-state index in [4.69, 9.17) is 4.74 Å². The van der Waals surface area contributed by atoms with Crippen molar-refractivity contribution in [1.29, 1.82) is 0 Å². The van der Waals surface area contributed by atoms with Gasteiger partial charge in [-0.15, -0.1) is 0 Å². The summed E-state index contributed by atoms with van der Waals surface area (Å²) >= 11 is 6.86. The normalized spacial score (nSPS) is 19.9. The highest BCUT2D eigenvalue weighted by molar-refractivity contribution is 9.10. The molecule has 5 heteroatoms. The lowest BCUT2D eigenvalue weighted by atomic mass is 10.1. The molecule has 1 aliphatic heterocycles. The highest BCUT2D eigenvalue weighted by Gasteiger charge is 2.26. The Morgan fingerprint density at radius 1 is 1.50 bits per heavy atom. The Balaban J connectivity index is 2.02. The molecule has 1 aromatic carbocycles. The summed E-state index contributed by atoms with van der Waals surface area (Å²) in [6.07, 6.45) is 0.447. The van der Waals surface area contributed by atoms with Gasteiger partial charge in [0.1, 0.15) is 0 Å². The second kappa shape index (κ2) is 6.68. The van der Waals surface area contributed by atoms with E-state index >= 15 is 0 Å². The number of benzene rings is 1. The van der Waals surface area contributed by atoms with Crippen LogP contribution in [0.5, 0.6) is 0 Å². The van der Waals surface area contributed by atoms with Crippen LogP contribution in [-0.2, 0) is 16.0 Å². The van der Waals surface area contributed by atoms with Crippen LogP contribution in [-0.4, -0.2) is 41.9 Å². The van der Waals surface area contributed by atoms with Gasteiger partial charge in [0, 0.05) is 16.3 Å². The monoisotopic (exact) mass is 375 g/mol. The van der Waals surface area contributed by atoms with Gasteiger partial charge in [0.2, 0.25) is 5.91 Å². The summed E-state index contributed by atoms with van der Waals surface area (Å²) < 4.78 is 6.40. The Kier molecular flexibility index (Phi) is 5.21. The molecular weight excluding hydrogens is 362 g/mol. The molecule has 1 heterocycles. The van der Waals surface area contributed by atoms with E-state index in [1.54, 1.807) is 0 Å². The van der Waals surface area contributed by atoms with Crippen LogP contribution in [0.3, 0.4) is 0 Å². The minimum atomic E-state index is 0.151. The number of nitrogens with zero attached hydrogens (tertiary/aromatic N) is 1. The lowest BCUT2D eigenvalue weighted by molar-refractivity contribution is -0.138. The lowest BCUT2D eigenvalue weighted by Gasteiger charge is -2.34. The maximum atomic E-state index is 12.3. The summed E-state index contributed by atoms with van der Waals surface area (Å²) in [5.74, 6) is 0.167. The summed E-state index contributed by atoms with van der Waals surface area (Å²) in [6, 6.07) is 8.03. The van der Waals surface area contributed by atoms with E-state index in [2.05, 4.69) is 31.9 Å². The van der Waals surface area contributed by atoms with Crippen molar-refractivity contribution in [3.63, 3.8) is 0 Å². The Bertz CT molecular complexity index is 425. The number of ether oxygens (including phenoxy) is 1. The van der Waals surface area contributed by atoms with Gasteiger partial charge in [-0.05, 0) is 17.7 Å². The average molecular weight is 377 g/mol. The second-order valence-corrected chi connectivity index (χ2v) is 5.84. The maximum absolute atomic E-state index is 12.3. The number of amides is 1. The van der Waals surface area contributed by atoms with Crippen LogP contribution in [0.2, 0.25) is 0 Å². The predicted molar refractivity (Wildman–Crippen MR) is 78.0 cm³/mol. The third kappa shape index (κ3) is 3.56. The molecule has 98 valence electrons. The molecule has 1 fully saturated rings. The van der Waals surface area contributed by atoms with Crippen molar-refractivity contribution in [2.75, 3.05) is 25.1 Å². The third-order valence-electron chi connectivity index (χ3n) is 2.97. The molecule has 0 bridgehead atoms. The standard InChI is InChI=1S/C13H15Br2NO2/c14-8-12-9-18-5-4-16(12)13(17)7-10-2-1-3-11(15)6-10/h1-3,6,12H,4-5,7-9H2. The number of morpholine rings is 1. The summed E-state index contributed by atoms with van der Waals surface area (Å²) in [6.45, 7) is 1.94. The van der Waals surface area contributed by atoms with Gasteiger partial charge in [-0.1, -0.05) is 44.0 Å². The molecular formula is C13H15Br2NO2. The van der Waals surface area contributed by atoms with E-state index < -0.39 is 0 Å². The predicted octanol–water partition coefficient (Wildman–Crippen LogP) is 2.61. The molecule has 0 aromatic heterocycles. The minimum Gasteiger partial charge on any atom is -0.377 e. The van der Waals surface area contributed by atoms with Crippen LogP contribution < -0.4 is 0 Å². The van der Waals surface area contributed by atoms with E-state index in [1.807, 2.05) is 29.2 Å². The van der Waals surface area contributed by atoms with Crippen LogP contribution in [0.1, 0.15) is 5.56 Å². The van der Waals surface area contributed by atoms with Gasteiger partial charge in [0.15, 0.2) is 0 Å². The lowest BCUT2D eigenvalue weighted by Crippen LogP contribution is -2.50. The number of hydrogen-bond donors (Lipinski definition) is 0. The van der Waals surface area contributed by atoms with Gasteiger partial charge in [-0.25, -0.2) is 0 Å². The summed E-state index contributed by atoms with van der Waals surface area (Å²) in [4.78, 5) is 14.2. The van der Waals surface area contributed by atoms with Crippen molar-refractivity contribution in [2.45, 2.75) is 12.5 Å². The smallest absolute Gasteiger partial charge is 0.227 e. The summed E-state index contributed by atoms with van der Waals surface area (Å²) in [5.41, 5.74) is 1.04. The van der Waals surface area contributed by atoms with Gasteiger partial charge >= 0.3 is 0 Å². The van der Waals surface area contributed by atoms with E-state index in [0.29, 0.717) is 26.2 Å². The Morgan fingerprint density at radius 3 is 3.06 bits per heavy atom. The molecule has 1 aromatic rings. The first kappa shape index (κ1) is 14.0. The second-order valence-electron chi connectivity index (χ2n) is 4.28. The SMILES string of the molecule is O=C(Cc1cccc(Br)c1)N1CCOCC1CBr. The van der Waals surface area contributed by atoms with Gasteiger partial charge in [-0.3, -0.25) is 4.79 Å². The Morgan fingerprint density at radius 2 is 2.33 bits per heavy atom. The van der Waals surface area contributed by atoms with Crippen LogP contribution >= 0.6 is 31.9 Å². The molecule has 18 heavy (non-hydrogen) atoms. The topological polar surface area (TPSA) is 29.5 Å². The Hall–Kier alpha value is -0.390. The fourth-order valence-corrected chi connectivity index (χ4v) is 3.02. The van der Waals surface area contributed by atoms with Crippen molar-refractivity contribution in [3.05, 3.63) is 34.3 Å².